The molecule has 1 aromatic heterocycles. The minimum Gasteiger partial charge on any atom is -0.369 e. The molecule has 3 heterocycles. The number of nitrogens with zero attached hydrogens (tertiary/aromatic N) is 3. The predicted molar refractivity (Wildman–Crippen MR) is 109 cm³/mol. The first kappa shape index (κ1) is 17.0. The molecule has 1 atom stereocenters. The number of aliphatic imine (C=N–C) groups is 1. The van der Waals surface area contributed by atoms with Crippen molar-refractivity contribution in [3.8, 4) is 0 Å². The molecule has 0 amide bonds. The van der Waals surface area contributed by atoms with Crippen LogP contribution >= 0.6 is 0 Å². The molecule has 0 spiro atoms. The van der Waals surface area contributed by atoms with Crippen LogP contribution in [0.2, 0.25) is 0 Å². The fraction of sp³-hybridized carbons (Fsp3) is 0.364. The zero-order valence-electron chi connectivity index (χ0n) is 15.4. The van der Waals surface area contributed by atoms with E-state index in [4.69, 9.17) is 4.99 Å². The van der Waals surface area contributed by atoms with Gasteiger partial charge in [0.25, 0.3) is 0 Å². The quantitative estimate of drug-likeness (QED) is 0.924. The summed E-state index contributed by atoms with van der Waals surface area (Å²) in [4.78, 5) is 11.5. The Morgan fingerprint density at radius 3 is 2.85 bits per heavy atom. The van der Waals surface area contributed by atoms with Gasteiger partial charge in [0, 0.05) is 55.9 Å². The predicted octanol–water partition coefficient (Wildman–Crippen LogP) is 3.55. The maximum Gasteiger partial charge on any atom is 0.0694 e. The van der Waals surface area contributed by atoms with E-state index in [-0.39, 0.29) is 0 Å². The summed E-state index contributed by atoms with van der Waals surface area (Å²) in [5.74, 6) is 0. The van der Waals surface area contributed by atoms with Gasteiger partial charge in [-0.2, -0.15) is 0 Å². The molecule has 134 valence electrons. The molecule has 2 aromatic rings. The van der Waals surface area contributed by atoms with Gasteiger partial charge in [-0.25, -0.2) is 0 Å². The van der Waals surface area contributed by atoms with E-state index in [1.54, 1.807) is 0 Å². The number of pyridine rings is 1. The number of anilines is 1. The molecule has 0 radical (unpaired) electrons. The molecule has 1 fully saturated rings. The van der Waals surface area contributed by atoms with E-state index in [9.17, 15) is 0 Å². The fourth-order valence-corrected chi connectivity index (χ4v) is 3.75. The molecule has 0 saturated carbocycles. The van der Waals surface area contributed by atoms with Gasteiger partial charge in [-0.1, -0.05) is 12.1 Å². The standard InChI is InChI=1S/C22H26N4/c1-17-16-26(13-12-24-17)21-8-6-18(7-9-21)14-19-4-3-11-25-22(19)20-5-2-10-23-15-20/h2,5-10,14-15,17,24H,3-4,11-13,16H2,1H3/b19-14+/t17-/m1/s1. The Balaban J connectivity index is 1.55. The van der Waals surface area contributed by atoms with Gasteiger partial charge in [0.2, 0.25) is 0 Å². The van der Waals surface area contributed by atoms with Crippen LogP contribution in [0.5, 0.6) is 0 Å². The molecule has 26 heavy (non-hydrogen) atoms. The molecule has 4 nitrogen and oxygen atoms in total. The Morgan fingerprint density at radius 2 is 2.08 bits per heavy atom. The molecule has 1 saturated heterocycles. The average molecular weight is 346 g/mol. The summed E-state index contributed by atoms with van der Waals surface area (Å²) in [7, 11) is 0. The molecule has 2 aliphatic rings. The average Bonchev–Trinajstić information content (AvgIpc) is 2.70. The van der Waals surface area contributed by atoms with E-state index < -0.39 is 0 Å². The number of hydrogen-bond donors (Lipinski definition) is 1. The van der Waals surface area contributed by atoms with E-state index >= 15 is 0 Å². The van der Waals surface area contributed by atoms with Crippen molar-refractivity contribution in [1.82, 2.24) is 10.3 Å². The van der Waals surface area contributed by atoms with Crippen molar-refractivity contribution < 1.29 is 0 Å². The third kappa shape index (κ3) is 3.86. The zero-order valence-corrected chi connectivity index (χ0v) is 15.4. The zero-order chi connectivity index (χ0) is 17.8. The van der Waals surface area contributed by atoms with Gasteiger partial charge in [-0.15, -0.1) is 0 Å². The number of rotatable bonds is 3. The molecule has 1 aromatic carbocycles. The summed E-state index contributed by atoms with van der Waals surface area (Å²) in [6.45, 7) is 6.34. The lowest BCUT2D eigenvalue weighted by molar-refractivity contribution is 0.485. The highest BCUT2D eigenvalue weighted by Crippen LogP contribution is 2.23. The van der Waals surface area contributed by atoms with Crippen molar-refractivity contribution in [1.29, 1.82) is 0 Å². The first-order valence-electron chi connectivity index (χ1n) is 9.54. The molecule has 4 rings (SSSR count). The summed E-state index contributed by atoms with van der Waals surface area (Å²) >= 11 is 0. The van der Waals surface area contributed by atoms with Gasteiger partial charge in [0.15, 0.2) is 0 Å². The highest BCUT2D eigenvalue weighted by molar-refractivity contribution is 6.15. The van der Waals surface area contributed by atoms with Crippen molar-refractivity contribution >= 4 is 17.5 Å². The molecule has 1 N–H and O–H groups in total. The Kier molecular flexibility index (Phi) is 5.12. The number of allylic oxidation sites excluding steroid dienone is 1. The van der Waals surface area contributed by atoms with Gasteiger partial charge in [-0.3, -0.25) is 9.98 Å². The van der Waals surface area contributed by atoms with Crippen LogP contribution in [0.25, 0.3) is 6.08 Å². The van der Waals surface area contributed by atoms with Crippen molar-refractivity contribution in [3.05, 3.63) is 65.5 Å². The molecule has 0 unspecified atom stereocenters. The minimum absolute atomic E-state index is 0.547. The lowest BCUT2D eigenvalue weighted by atomic mass is 9.95. The second-order valence-electron chi connectivity index (χ2n) is 7.14. The number of nitrogens with one attached hydrogen (secondary N) is 1. The summed E-state index contributed by atoms with van der Waals surface area (Å²) in [6, 6.07) is 13.6. The van der Waals surface area contributed by atoms with E-state index in [0.717, 1.165) is 50.3 Å². The van der Waals surface area contributed by atoms with Crippen LogP contribution in [-0.4, -0.2) is 42.9 Å². The first-order valence-corrected chi connectivity index (χ1v) is 9.54. The van der Waals surface area contributed by atoms with Crippen LogP contribution in [0.4, 0.5) is 5.69 Å². The van der Waals surface area contributed by atoms with E-state index in [2.05, 4.69) is 58.5 Å². The van der Waals surface area contributed by atoms with Crippen LogP contribution < -0.4 is 10.2 Å². The lowest BCUT2D eigenvalue weighted by Crippen LogP contribution is -2.49. The van der Waals surface area contributed by atoms with Crippen molar-refractivity contribution in [2.75, 3.05) is 31.1 Å². The fourth-order valence-electron chi connectivity index (χ4n) is 3.75. The highest BCUT2D eigenvalue weighted by atomic mass is 15.2. The summed E-state index contributed by atoms with van der Waals surface area (Å²) in [5, 5.41) is 3.50. The maximum atomic E-state index is 4.77. The smallest absolute Gasteiger partial charge is 0.0694 e. The molecule has 0 aliphatic carbocycles. The number of hydrogen-bond acceptors (Lipinski definition) is 4. The topological polar surface area (TPSA) is 40.5 Å². The van der Waals surface area contributed by atoms with Gasteiger partial charge in [0.1, 0.15) is 0 Å². The first-order chi connectivity index (χ1) is 12.8. The van der Waals surface area contributed by atoms with Crippen molar-refractivity contribution in [2.24, 2.45) is 4.99 Å². The SMILES string of the molecule is C[C@@H]1CN(c2ccc(/C=C3\CCCN=C3c3cccnc3)cc2)CCN1. The van der Waals surface area contributed by atoms with Gasteiger partial charge in [-0.05, 0) is 61.2 Å². The third-order valence-electron chi connectivity index (χ3n) is 5.08. The van der Waals surface area contributed by atoms with Crippen LogP contribution in [0, 0.1) is 0 Å². The molecule has 4 heteroatoms. The van der Waals surface area contributed by atoms with Gasteiger partial charge < -0.3 is 10.2 Å². The van der Waals surface area contributed by atoms with Crippen molar-refractivity contribution in [2.45, 2.75) is 25.8 Å². The summed E-state index contributed by atoms with van der Waals surface area (Å²) in [5.41, 5.74) is 6.08. The maximum absolute atomic E-state index is 4.77. The second kappa shape index (κ2) is 7.83. The van der Waals surface area contributed by atoms with Crippen LogP contribution in [0.1, 0.15) is 30.9 Å². The van der Waals surface area contributed by atoms with Crippen molar-refractivity contribution in [3.63, 3.8) is 0 Å². The third-order valence-corrected chi connectivity index (χ3v) is 5.08. The van der Waals surface area contributed by atoms with E-state index in [0.29, 0.717) is 6.04 Å². The summed E-state index contributed by atoms with van der Waals surface area (Å²) in [6.07, 6.45) is 8.20. The number of piperazine rings is 1. The van der Waals surface area contributed by atoms with E-state index in [1.165, 1.54) is 16.8 Å². The van der Waals surface area contributed by atoms with Crippen LogP contribution in [0.3, 0.4) is 0 Å². The second-order valence-corrected chi connectivity index (χ2v) is 7.14. The molecule has 2 aliphatic heterocycles. The number of benzene rings is 1. The monoisotopic (exact) mass is 346 g/mol. The van der Waals surface area contributed by atoms with E-state index in [1.807, 2.05) is 18.5 Å². The Labute approximate surface area is 155 Å². The molecular formula is C22H26N4. The number of aromatic nitrogens is 1. The normalized spacial score (nSPS) is 22.3. The van der Waals surface area contributed by atoms with Gasteiger partial charge in [0.05, 0.1) is 5.71 Å². The van der Waals surface area contributed by atoms with Crippen LogP contribution in [-0.2, 0) is 0 Å². The largest absolute Gasteiger partial charge is 0.369 e. The molecule has 0 bridgehead atoms. The summed E-state index contributed by atoms with van der Waals surface area (Å²) < 4.78 is 0. The highest BCUT2D eigenvalue weighted by Gasteiger charge is 2.16. The Hall–Kier alpha value is -2.46. The Bertz CT molecular complexity index is 793. The molecular weight excluding hydrogens is 320 g/mol. The van der Waals surface area contributed by atoms with Crippen LogP contribution in [0.15, 0.2) is 59.4 Å². The van der Waals surface area contributed by atoms with Gasteiger partial charge >= 0.3 is 0 Å². The minimum atomic E-state index is 0.547. The Morgan fingerprint density at radius 1 is 1.19 bits per heavy atom. The lowest BCUT2D eigenvalue weighted by Gasteiger charge is -2.33.